The van der Waals surface area contributed by atoms with E-state index in [9.17, 15) is 0 Å². The monoisotopic (exact) mass is 355 g/mol. The molecule has 7 heteroatoms. The first-order valence-corrected chi connectivity index (χ1v) is 7.56. The Hall–Kier alpha value is -1.02. The minimum absolute atomic E-state index is 0.398. The van der Waals surface area contributed by atoms with E-state index in [0.717, 1.165) is 36.3 Å². The zero-order valence-corrected chi connectivity index (χ0v) is 13.2. The number of nitrogens with zero attached hydrogens (tertiary/aromatic N) is 3. The Morgan fingerprint density at radius 1 is 1.20 bits per heavy atom. The van der Waals surface area contributed by atoms with Crippen LogP contribution >= 0.6 is 28.1 Å². The Kier molecular flexibility index (Phi) is 4.30. The number of aromatic nitrogens is 2. The fourth-order valence-corrected chi connectivity index (χ4v) is 2.48. The van der Waals surface area contributed by atoms with Gasteiger partial charge in [0.2, 0.25) is 5.89 Å². The van der Waals surface area contributed by atoms with Crippen molar-refractivity contribution in [1.82, 2.24) is 14.7 Å². The van der Waals surface area contributed by atoms with Crippen LogP contribution in [0.4, 0.5) is 0 Å². The number of hydrogen-bond donors (Lipinski definition) is 0. The maximum absolute atomic E-state index is 5.58. The van der Waals surface area contributed by atoms with Gasteiger partial charge in [0, 0.05) is 23.1 Å². The smallest absolute Gasteiger partial charge is 0.288 e. The molecule has 0 aliphatic carbocycles. The number of hydrogen-bond acceptors (Lipinski definition) is 5. The molecule has 5 nitrogen and oxygen atoms in total. The minimum Gasteiger partial charge on any atom is -0.409 e. The predicted octanol–water partition coefficient (Wildman–Crippen LogP) is 2.92. The summed E-state index contributed by atoms with van der Waals surface area (Å²) in [4.78, 5) is 2.64. The van der Waals surface area contributed by atoms with Gasteiger partial charge < -0.3 is 9.15 Å². The second kappa shape index (κ2) is 6.17. The molecule has 2 heterocycles. The predicted molar refractivity (Wildman–Crippen MR) is 80.9 cm³/mol. The molecule has 3 rings (SSSR count). The lowest BCUT2D eigenvalue weighted by Crippen LogP contribution is -2.37. The Labute approximate surface area is 130 Å². The highest BCUT2D eigenvalue weighted by Gasteiger charge is 2.14. The quantitative estimate of drug-likeness (QED) is 0.792. The third-order valence-corrected chi connectivity index (χ3v) is 3.96. The first-order chi connectivity index (χ1) is 9.72. The molecule has 1 aromatic heterocycles. The zero-order chi connectivity index (χ0) is 13.9. The van der Waals surface area contributed by atoms with Gasteiger partial charge in [-0.25, -0.2) is 4.68 Å². The van der Waals surface area contributed by atoms with Crippen LogP contribution in [0.5, 0.6) is 0 Å². The maximum Gasteiger partial charge on any atom is 0.288 e. The fraction of sp³-hybridized carbons (Fsp3) is 0.385. The summed E-state index contributed by atoms with van der Waals surface area (Å²) >= 11 is 8.64. The van der Waals surface area contributed by atoms with Crippen molar-refractivity contribution in [2.24, 2.45) is 0 Å². The van der Waals surface area contributed by atoms with Crippen molar-refractivity contribution in [2.45, 2.75) is 6.67 Å². The molecular weight excluding hydrogens is 342 g/mol. The van der Waals surface area contributed by atoms with Crippen molar-refractivity contribution in [1.29, 1.82) is 0 Å². The van der Waals surface area contributed by atoms with Gasteiger partial charge >= 0.3 is 0 Å². The molecule has 0 atom stereocenters. The summed E-state index contributed by atoms with van der Waals surface area (Å²) in [7, 11) is 0. The van der Waals surface area contributed by atoms with Gasteiger partial charge in [0.1, 0.15) is 0 Å². The van der Waals surface area contributed by atoms with Gasteiger partial charge in [-0.3, -0.25) is 4.90 Å². The highest BCUT2D eigenvalue weighted by molar-refractivity contribution is 9.10. The van der Waals surface area contributed by atoms with Crippen molar-refractivity contribution < 1.29 is 9.15 Å². The summed E-state index contributed by atoms with van der Waals surface area (Å²) in [5.74, 6) is 0.552. The Balaban J connectivity index is 1.79. The molecule has 2 aromatic rings. The van der Waals surface area contributed by atoms with Crippen molar-refractivity contribution >= 4 is 28.1 Å². The highest BCUT2D eigenvalue weighted by Crippen LogP contribution is 2.20. The molecule has 0 N–H and O–H groups in total. The number of benzene rings is 1. The van der Waals surface area contributed by atoms with Crippen molar-refractivity contribution in [3.8, 4) is 11.5 Å². The molecule has 106 valence electrons. The van der Waals surface area contributed by atoms with Crippen molar-refractivity contribution in [3.63, 3.8) is 0 Å². The third-order valence-electron chi connectivity index (χ3n) is 3.14. The zero-order valence-electron chi connectivity index (χ0n) is 10.8. The third kappa shape index (κ3) is 3.17. The van der Waals surface area contributed by atoms with E-state index in [0.29, 0.717) is 17.4 Å². The molecule has 0 amide bonds. The van der Waals surface area contributed by atoms with Crippen LogP contribution in [0.1, 0.15) is 0 Å². The molecule has 1 aliphatic heterocycles. The Morgan fingerprint density at radius 2 is 1.90 bits per heavy atom. The van der Waals surface area contributed by atoms with Gasteiger partial charge in [-0.05, 0) is 36.5 Å². The van der Waals surface area contributed by atoms with Crippen molar-refractivity contribution in [3.05, 3.63) is 33.6 Å². The summed E-state index contributed by atoms with van der Waals surface area (Å²) in [6.07, 6.45) is 0. The van der Waals surface area contributed by atoms with Gasteiger partial charge in [-0.1, -0.05) is 15.9 Å². The van der Waals surface area contributed by atoms with E-state index in [1.54, 1.807) is 4.68 Å². The highest BCUT2D eigenvalue weighted by atomic mass is 79.9. The molecule has 1 aliphatic rings. The van der Waals surface area contributed by atoms with Crippen LogP contribution < -0.4 is 0 Å². The van der Waals surface area contributed by atoms with E-state index in [1.165, 1.54) is 0 Å². The summed E-state index contributed by atoms with van der Waals surface area (Å²) in [5, 5.41) is 4.45. The number of ether oxygens (including phenoxy) is 1. The molecule has 0 unspecified atom stereocenters. The molecule has 0 saturated carbocycles. The molecule has 0 spiro atoms. The van der Waals surface area contributed by atoms with E-state index in [-0.39, 0.29) is 0 Å². The fourth-order valence-electron chi connectivity index (χ4n) is 2.04. The summed E-state index contributed by atoms with van der Waals surface area (Å²) in [6, 6.07) is 7.80. The normalized spacial score (nSPS) is 16.4. The largest absolute Gasteiger partial charge is 0.409 e. The Bertz CT molecular complexity index is 632. The van der Waals surface area contributed by atoms with E-state index < -0.39 is 0 Å². The number of rotatable bonds is 3. The second-order valence-electron chi connectivity index (χ2n) is 4.55. The van der Waals surface area contributed by atoms with E-state index in [2.05, 4.69) is 25.9 Å². The van der Waals surface area contributed by atoms with Gasteiger partial charge in [0.05, 0.1) is 19.9 Å². The number of halogens is 1. The van der Waals surface area contributed by atoms with Crippen molar-refractivity contribution in [2.75, 3.05) is 26.3 Å². The summed E-state index contributed by atoms with van der Waals surface area (Å²) in [5.41, 5.74) is 0.917. The Morgan fingerprint density at radius 3 is 2.60 bits per heavy atom. The SMILES string of the molecule is S=c1oc(-c2ccc(Br)cc2)nn1CN1CCOCC1. The molecule has 0 bridgehead atoms. The van der Waals surface area contributed by atoms with Crippen LogP contribution in [0.25, 0.3) is 11.5 Å². The molecule has 20 heavy (non-hydrogen) atoms. The maximum atomic E-state index is 5.58. The first kappa shape index (κ1) is 13.9. The topological polar surface area (TPSA) is 43.4 Å². The van der Waals surface area contributed by atoms with Crippen LogP contribution in [0.15, 0.2) is 33.2 Å². The number of morpholine rings is 1. The summed E-state index contributed by atoms with van der Waals surface area (Å²) < 4.78 is 13.6. The average Bonchev–Trinajstić information content (AvgIpc) is 2.82. The minimum atomic E-state index is 0.398. The molecule has 1 aromatic carbocycles. The van der Waals surface area contributed by atoms with Crippen LogP contribution in [-0.4, -0.2) is 41.0 Å². The van der Waals surface area contributed by atoms with E-state index in [4.69, 9.17) is 21.4 Å². The van der Waals surface area contributed by atoms with Crippen LogP contribution in [0, 0.1) is 4.84 Å². The molecule has 0 radical (unpaired) electrons. The molecule has 1 saturated heterocycles. The van der Waals surface area contributed by atoms with E-state index in [1.807, 2.05) is 24.3 Å². The molecular formula is C13H14BrN3O2S. The van der Waals surface area contributed by atoms with Gasteiger partial charge in [0.25, 0.3) is 4.84 Å². The summed E-state index contributed by atoms with van der Waals surface area (Å²) in [6.45, 7) is 3.93. The van der Waals surface area contributed by atoms with Gasteiger partial charge in [-0.2, -0.15) is 0 Å². The van der Waals surface area contributed by atoms with Crippen LogP contribution in [0.2, 0.25) is 0 Å². The molecule has 1 fully saturated rings. The lowest BCUT2D eigenvalue weighted by molar-refractivity contribution is 0.0206. The van der Waals surface area contributed by atoms with Crippen LogP contribution in [-0.2, 0) is 11.4 Å². The van der Waals surface area contributed by atoms with Crippen LogP contribution in [0.3, 0.4) is 0 Å². The van der Waals surface area contributed by atoms with Gasteiger partial charge in [0.15, 0.2) is 0 Å². The lowest BCUT2D eigenvalue weighted by Gasteiger charge is -2.25. The van der Waals surface area contributed by atoms with E-state index >= 15 is 0 Å². The lowest BCUT2D eigenvalue weighted by atomic mass is 10.2. The second-order valence-corrected chi connectivity index (χ2v) is 5.82. The standard InChI is InChI=1S/C13H14BrN3O2S/c14-11-3-1-10(2-4-11)12-15-17(13(20)19-12)9-16-5-7-18-8-6-16/h1-4H,5-9H2. The average molecular weight is 356 g/mol. The van der Waals surface area contributed by atoms with Gasteiger partial charge in [-0.15, -0.1) is 5.10 Å². The first-order valence-electron chi connectivity index (χ1n) is 6.36.